The predicted molar refractivity (Wildman–Crippen MR) is 75.4 cm³/mol. The van der Waals surface area contributed by atoms with Gasteiger partial charge >= 0.3 is 0 Å². The van der Waals surface area contributed by atoms with Gasteiger partial charge in [0.1, 0.15) is 0 Å². The molecular formula is C11H19ClN4S. The van der Waals surface area contributed by atoms with Gasteiger partial charge in [-0.1, -0.05) is 23.8 Å². The Morgan fingerprint density at radius 3 is 2.71 bits per heavy atom. The lowest BCUT2D eigenvalue weighted by molar-refractivity contribution is 0.294. The second-order valence-corrected chi connectivity index (χ2v) is 5.00. The summed E-state index contributed by atoms with van der Waals surface area (Å²) < 4.78 is 1.92. The summed E-state index contributed by atoms with van der Waals surface area (Å²) in [6, 6.07) is 0.0431. The molecule has 0 spiro atoms. The number of aromatic nitrogens is 2. The molecule has 1 aromatic rings. The molecule has 0 bridgehead atoms. The fourth-order valence-corrected chi connectivity index (χ4v) is 1.99. The summed E-state index contributed by atoms with van der Waals surface area (Å²) in [7, 11) is 1.97. The van der Waals surface area contributed by atoms with E-state index >= 15 is 0 Å². The Bertz CT molecular complexity index is 416. The van der Waals surface area contributed by atoms with Gasteiger partial charge in [-0.3, -0.25) is 9.58 Å². The molecule has 1 heterocycles. The SMILES string of the molecule is CCn1nc(C)c(Cl)c1CN(C)C(C)C(N)=S. The molecule has 4 nitrogen and oxygen atoms in total. The molecule has 0 radical (unpaired) electrons. The minimum Gasteiger partial charge on any atom is -0.392 e. The molecule has 2 N–H and O–H groups in total. The van der Waals surface area contributed by atoms with Crippen molar-refractivity contribution in [1.29, 1.82) is 0 Å². The van der Waals surface area contributed by atoms with Gasteiger partial charge in [0, 0.05) is 13.1 Å². The first-order valence-corrected chi connectivity index (χ1v) is 6.38. The zero-order chi connectivity index (χ0) is 13.2. The molecule has 0 saturated carbocycles. The van der Waals surface area contributed by atoms with Crippen molar-refractivity contribution in [3.63, 3.8) is 0 Å². The van der Waals surface area contributed by atoms with Crippen LogP contribution in [0.25, 0.3) is 0 Å². The molecule has 1 unspecified atom stereocenters. The van der Waals surface area contributed by atoms with Crippen LogP contribution in [-0.4, -0.2) is 32.8 Å². The van der Waals surface area contributed by atoms with Crippen molar-refractivity contribution in [3.8, 4) is 0 Å². The Kier molecular flexibility index (Phi) is 4.91. The van der Waals surface area contributed by atoms with E-state index in [2.05, 4.69) is 10.00 Å². The van der Waals surface area contributed by atoms with Gasteiger partial charge in [-0.15, -0.1) is 0 Å². The molecule has 1 atom stereocenters. The standard InChI is InChI=1S/C11H19ClN4S/c1-5-16-9(10(12)7(2)14-16)6-15(4)8(3)11(13)17/h8H,5-6H2,1-4H3,(H2,13,17). The number of rotatable bonds is 5. The van der Waals surface area contributed by atoms with Gasteiger partial charge in [-0.05, 0) is 27.8 Å². The Morgan fingerprint density at radius 1 is 1.65 bits per heavy atom. The van der Waals surface area contributed by atoms with Crippen molar-refractivity contribution >= 4 is 28.8 Å². The number of hydrogen-bond donors (Lipinski definition) is 1. The number of likely N-dealkylation sites (N-methyl/N-ethyl adjacent to an activating group) is 1. The summed E-state index contributed by atoms with van der Waals surface area (Å²) in [6.07, 6.45) is 0. The highest BCUT2D eigenvalue weighted by Crippen LogP contribution is 2.22. The third kappa shape index (κ3) is 3.18. The second-order valence-electron chi connectivity index (χ2n) is 4.16. The third-order valence-corrected chi connectivity index (χ3v) is 3.76. The van der Waals surface area contributed by atoms with Crippen LogP contribution >= 0.6 is 23.8 Å². The zero-order valence-electron chi connectivity index (χ0n) is 10.7. The Hall–Kier alpha value is -0.650. The topological polar surface area (TPSA) is 47.1 Å². The maximum atomic E-state index is 6.25. The lowest BCUT2D eigenvalue weighted by atomic mass is 10.2. The summed E-state index contributed by atoms with van der Waals surface area (Å²) in [5.74, 6) is 0. The fraction of sp³-hybridized carbons (Fsp3) is 0.636. The summed E-state index contributed by atoms with van der Waals surface area (Å²) >= 11 is 11.2. The molecule has 0 aliphatic rings. The van der Waals surface area contributed by atoms with Crippen LogP contribution < -0.4 is 5.73 Å². The van der Waals surface area contributed by atoms with E-state index in [0.717, 1.165) is 23.0 Å². The van der Waals surface area contributed by atoms with E-state index in [9.17, 15) is 0 Å². The highest BCUT2D eigenvalue weighted by molar-refractivity contribution is 7.80. The van der Waals surface area contributed by atoms with Gasteiger partial charge in [0.05, 0.1) is 27.4 Å². The third-order valence-electron chi connectivity index (χ3n) is 2.92. The summed E-state index contributed by atoms with van der Waals surface area (Å²) in [5, 5.41) is 5.11. The van der Waals surface area contributed by atoms with E-state index in [0.29, 0.717) is 11.5 Å². The first kappa shape index (κ1) is 14.4. The molecule has 96 valence electrons. The van der Waals surface area contributed by atoms with Gasteiger partial charge in [0.2, 0.25) is 0 Å². The lowest BCUT2D eigenvalue weighted by Crippen LogP contribution is -2.39. The summed E-state index contributed by atoms with van der Waals surface area (Å²) in [4.78, 5) is 2.56. The Labute approximate surface area is 113 Å². The van der Waals surface area contributed by atoms with Crippen LogP contribution in [0.15, 0.2) is 0 Å². The van der Waals surface area contributed by atoms with Gasteiger partial charge in [0.15, 0.2) is 0 Å². The quantitative estimate of drug-likeness (QED) is 0.834. The van der Waals surface area contributed by atoms with E-state index < -0.39 is 0 Å². The van der Waals surface area contributed by atoms with Crippen molar-refractivity contribution in [1.82, 2.24) is 14.7 Å². The first-order chi connectivity index (χ1) is 7.88. The average Bonchev–Trinajstić information content (AvgIpc) is 2.55. The number of hydrogen-bond acceptors (Lipinski definition) is 3. The van der Waals surface area contributed by atoms with Crippen molar-refractivity contribution in [3.05, 3.63) is 16.4 Å². The van der Waals surface area contributed by atoms with Gasteiger partial charge in [0.25, 0.3) is 0 Å². The molecule has 0 aliphatic carbocycles. The maximum absolute atomic E-state index is 6.25. The maximum Gasteiger partial charge on any atom is 0.0899 e. The fourth-order valence-electron chi connectivity index (χ4n) is 1.61. The van der Waals surface area contributed by atoms with Crippen molar-refractivity contribution in [2.45, 2.75) is 39.9 Å². The molecule has 0 amide bonds. The number of nitrogens with zero attached hydrogens (tertiary/aromatic N) is 3. The molecule has 1 rings (SSSR count). The van der Waals surface area contributed by atoms with E-state index in [4.69, 9.17) is 29.6 Å². The Morgan fingerprint density at radius 2 is 2.24 bits per heavy atom. The predicted octanol–water partition coefficient (Wildman–Crippen LogP) is 1.97. The smallest absolute Gasteiger partial charge is 0.0899 e. The molecule has 17 heavy (non-hydrogen) atoms. The highest BCUT2D eigenvalue weighted by atomic mass is 35.5. The van der Waals surface area contributed by atoms with Crippen LogP contribution in [-0.2, 0) is 13.1 Å². The van der Waals surface area contributed by atoms with Gasteiger partial charge in [-0.25, -0.2) is 0 Å². The minimum absolute atomic E-state index is 0.0431. The van der Waals surface area contributed by atoms with E-state index in [1.807, 2.05) is 32.5 Å². The lowest BCUT2D eigenvalue weighted by Gasteiger charge is -2.23. The van der Waals surface area contributed by atoms with E-state index in [-0.39, 0.29) is 6.04 Å². The number of nitrogens with two attached hydrogens (primary N) is 1. The summed E-state index contributed by atoms with van der Waals surface area (Å²) in [5.41, 5.74) is 7.51. The van der Waals surface area contributed by atoms with Crippen LogP contribution in [0.4, 0.5) is 0 Å². The molecule has 0 aliphatic heterocycles. The molecule has 1 aromatic heterocycles. The van der Waals surface area contributed by atoms with Crippen molar-refractivity contribution in [2.24, 2.45) is 5.73 Å². The Balaban J connectivity index is 2.91. The second kappa shape index (κ2) is 5.80. The zero-order valence-corrected chi connectivity index (χ0v) is 12.3. The van der Waals surface area contributed by atoms with Crippen LogP contribution in [0.2, 0.25) is 5.02 Å². The highest BCUT2D eigenvalue weighted by Gasteiger charge is 2.18. The molecule has 0 aromatic carbocycles. The molecule has 6 heteroatoms. The number of thiocarbonyl (C=S) groups is 1. The first-order valence-electron chi connectivity index (χ1n) is 5.59. The normalized spacial score (nSPS) is 13.1. The molecule has 0 saturated heterocycles. The average molecular weight is 275 g/mol. The minimum atomic E-state index is 0.0431. The van der Waals surface area contributed by atoms with Crippen LogP contribution in [0, 0.1) is 6.92 Å². The van der Waals surface area contributed by atoms with Crippen LogP contribution in [0.3, 0.4) is 0 Å². The number of halogens is 1. The van der Waals surface area contributed by atoms with E-state index in [1.54, 1.807) is 0 Å². The monoisotopic (exact) mass is 274 g/mol. The van der Waals surface area contributed by atoms with Gasteiger partial charge in [-0.2, -0.15) is 5.10 Å². The van der Waals surface area contributed by atoms with E-state index in [1.165, 1.54) is 0 Å². The largest absolute Gasteiger partial charge is 0.392 e. The van der Waals surface area contributed by atoms with Crippen molar-refractivity contribution < 1.29 is 0 Å². The summed E-state index contributed by atoms with van der Waals surface area (Å²) in [6.45, 7) is 7.43. The molecular weight excluding hydrogens is 256 g/mol. The number of aryl methyl sites for hydroxylation is 2. The van der Waals surface area contributed by atoms with Crippen LogP contribution in [0.1, 0.15) is 25.2 Å². The van der Waals surface area contributed by atoms with Crippen LogP contribution in [0.5, 0.6) is 0 Å². The van der Waals surface area contributed by atoms with Gasteiger partial charge < -0.3 is 5.73 Å². The molecule has 0 fully saturated rings. The van der Waals surface area contributed by atoms with Crippen molar-refractivity contribution in [2.75, 3.05) is 7.05 Å².